The summed E-state index contributed by atoms with van der Waals surface area (Å²) in [6.07, 6.45) is 1.71. The molecule has 1 aromatic heterocycles. The van der Waals surface area contributed by atoms with Crippen LogP contribution in [0.15, 0.2) is 66.0 Å². The first-order chi connectivity index (χ1) is 13.1. The number of thioether (sulfide) groups is 1. The SMILES string of the molecule is COc1ccc(NC(=O)NC(=O)CSc2ncc(-c3ccccc3)[nH]2)cc1. The van der Waals surface area contributed by atoms with E-state index in [-0.39, 0.29) is 5.75 Å². The van der Waals surface area contributed by atoms with Crippen molar-refractivity contribution in [3.8, 4) is 17.0 Å². The van der Waals surface area contributed by atoms with Gasteiger partial charge < -0.3 is 15.0 Å². The van der Waals surface area contributed by atoms with E-state index in [9.17, 15) is 9.59 Å². The van der Waals surface area contributed by atoms with E-state index in [1.54, 1.807) is 37.6 Å². The molecule has 3 rings (SSSR count). The third-order valence-corrected chi connectivity index (χ3v) is 4.47. The number of amides is 3. The number of carbonyl (C=O) groups is 2. The fraction of sp³-hybridized carbons (Fsp3) is 0.105. The Kier molecular flexibility index (Phi) is 6.11. The molecule has 7 nitrogen and oxygen atoms in total. The Balaban J connectivity index is 1.46. The zero-order valence-electron chi connectivity index (χ0n) is 14.6. The number of urea groups is 1. The highest BCUT2D eigenvalue weighted by molar-refractivity contribution is 7.99. The van der Waals surface area contributed by atoms with Gasteiger partial charge in [0.1, 0.15) is 5.75 Å². The van der Waals surface area contributed by atoms with Crippen LogP contribution in [-0.4, -0.2) is 34.8 Å². The highest BCUT2D eigenvalue weighted by Crippen LogP contribution is 2.21. The predicted molar refractivity (Wildman–Crippen MR) is 105 cm³/mol. The zero-order chi connectivity index (χ0) is 19.1. The molecule has 8 heteroatoms. The summed E-state index contributed by atoms with van der Waals surface area (Å²) in [5.41, 5.74) is 2.45. The van der Waals surface area contributed by atoms with Crippen molar-refractivity contribution < 1.29 is 14.3 Å². The van der Waals surface area contributed by atoms with Crippen LogP contribution in [0.2, 0.25) is 0 Å². The van der Waals surface area contributed by atoms with Crippen LogP contribution < -0.4 is 15.4 Å². The first kappa shape index (κ1) is 18.5. The Bertz CT molecular complexity index is 910. The summed E-state index contributed by atoms with van der Waals surface area (Å²) < 4.78 is 5.05. The number of carbonyl (C=O) groups excluding carboxylic acids is 2. The van der Waals surface area contributed by atoms with Crippen LogP contribution >= 0.6 is 11.8 Å². The molecule has 2 aromatic carbocycles. The summed E-state index contributed by atoms with van der Waals surface area (Å²) in [6.45, 7) is 0. The van der Waals surface area contributed by atoms with Gasteiger partial charge in [0, 0.05) is 5.69 Å². The number of nitrogens with zero attached hydrogens (tertiary/aromatic N) is 1. The lowest BCUT2D eigenvalue weighted by molar-refractivity contribution is -0.117. The van der Waals surface area contributed by atoms with E-state index in [0.29, 0.717) is 16.6 Å². The zero-order valence-corrected chi connectivity index (χ0v) is 15.4. The van der Waals surface area contributed by atoms with E-state index in [4.69, 9.17) is 4.74 Å². The summed E-state index contributed by atoms with van der Waals surface area (Å²) >= 11 is 1.22. The lowest BCUT2D eigenvalue weighted by atomic mass is 10.2. The molecule has 0 aliphatic heterocycles. The molecule has 3 aromatic rings. The van der Waals surface area contributed by atoms with Gasteiger partial charge in [-0.15, -0.1) is 0 Å². The Morgan fingerprint density at radius 3 is 2.56 bits per heavy atom. The number of hydrogen-bond acceptors (Lipinski definition) is 5. The van der Waals surface area contributed by atoms with Crippen molar-refractivity contribution in [3.05, 3.63) is 60.8 Å². The first-order valence-electron chi connectivity index (χ1n) is 8.12. The average molecular weight is 382 g/mol. The number of imide groups is 1. The van der Waals surface area contributed by atoms with E-state index < -0.39 is 11.9 Å². The second-order valence-electron chi connectivity index (χ2n) is 5.49. The number of benzene rings is 2. The Labute approximate surface area is 160 Å². The van der Waals surface area contributed by atoms with Gasteiger partial charge in [-0.1, -0.05) is 42.1 Å². The largest absolute Gasteiger partial charge is 0.497 e. The quantitative estimate of drug-likeness (QED) is 0.567. The van der Waals surface area contributed by atoms with Crippen LogP contribution in [0.4, 0.5) is 10.5 Å². The molecule has 27 heavy (non-hydrogen) atoms. The number of aromatic amines is 1. The molecule has 0 saturated heterocycles. The van der Waals surface area contributed by atoms with Crippen molar-refractivity contribution in [1.29, 1.82) is 0 Å². The number of aromatic nitrogens is 2. The number of imidazole rings is 1. The Morgan fingerprint density at radius 2 is 1.85 bits per heavy atom. The maximum absolute atomic E-state index is 11.9. The molecule has 0 radical (unpaired) electrons. The second-order valence-corrected chi connectivity index (χ2v) is 6.45. The Morgan fingerprint density at radius 1 is 1.11 bits per heavy atom. The molecule has 0 aliphatic carbocycles. The highest BCUT2D eigenvalue weighted by Gasteiger charge is 2.10. The minimum atomic E-state index is -0.588. The van der Waals surface area contributed by atoms with Gasteiger partial charge in [-0.05, 0) is 29.8 Å². The molecule has 1 heterocycles. The van der Waals surface area contributed by atoms with Gasteiger partial charge in [-0.3, -0.25) is 10.1 Å². The van der Waals surface area contributed by atoms with E-state index in [1.807, 2.05) is 30.3 Å². The topological polar surface area (TPSA) is 96.1 Å². The summed E-state index contributed by atoms with van der Waals surface area (Å²) in [5.74, 6) is 0.336. The minimum Gasteiger partial charge on any atom is -0.497 e. The van der Waals surface area contributed by atoms with Crippen molar-refractivity contribution in [3.63, 3.8) is 0 Å². The number of methoxy groups -OCH3 is 1. The summed E-state index contributed by atoms with van der Waals surface area (Å²) in [4.78, 5) is 31.2. The molecule has 0 spiro atoms. The molecule has 0 bridgehead atoms. The van der Waals surface area contributed by atoms with Gasteiger partial charge in [0.15, 0.2) is 5.16 Å². The molecule has 0 unspecified atom stereocenters. The van der Waals surface area contributed by atoms with Crippen LogP contribution in [0.3, 0.4) is 0 Å². The van der Waals surface area contributed by atoms with Gasteiger partial charge in [-0.2, -0.15) is 0 Å². The molecular weight excluding hydrogens is 364 g/mol. The van der Waals surface area contributed by atoms with E-state index in [2.05, 4.69) is 20.6 Å². The summed E-state index contributed by atoms with van der Waals surface area (Å²) in [5, 5.41) is 5.48. The lowest BCUT2D eigenvalue weighted by Crippen LogP contribution is -2.35. The van der Waals surface area contributed by atoms with E-state index in [0.717, 1.165) is 11.3 Å². The molecule has 0 atom stereocenters. The van der Waals surface area contributed by atoms with Crippen molar-refractivity contribution in [2.45, 2.75) is 5.16 Å². The minimum absolute atomic E-state index is 0.0672. The van der Waals surface area contributed by atoms with Crippen molar-refractivity contribution >= 4 is 29.4 Å². The third kappa shape index (κ3) is 5.35. The summed E-state index contributed by atoms with van der Waals surface area (Å²) in [7, 11) is 1.56. The molecular formula is C19H18N4O3S. The van der Waals surface area contributed by atoms with Gasteiger partial charge in [0.05, 0.1) is 24.8 Å². The lowest BCUT2D eigenvalue weighted by Gasteiger charge is -2.07. The van der Waals surface area contributed by atoms with Gasteiger partial charge >= 0.3 is 6.03 Å². The fourth-order valence-electron chi connectivity index (χ4n) is 2.27. The number of H-pyrrole nitrogens is 1. The van der Waals surface area contributed by atoms with Crippen LogP contribution in [0.5, 0.6) is 5.75 Å². The van der Waals surface area contributed by atoms with Crippen molar-refractivity contribution in [2.75, 3.05) is 18.2 Å². The van der Waals surface area contributed by atoms with E-state index in [1.165, 1.54) is 11.8 Å². The molecule has 0 fully saturated rings. The second kappa shape index (κ2) is 8.91. The van der Waals surface area contributed by atoms with E-state index >= 15 is 0 Å². The smallest absolute Gasteiger partial charge is 0.325 e. The molecule has 0 saturated carbocycles. The maximum Gasteiger partial charge on any atom is 0.325 e. The molecule has 3 amide bonds. The molecule has 138 valence electrons. The van der Waals surface area contributed by atoms with Crippen LogP contribution in [0.1, 0.15) is 0 Å². The number of hydrogen-bond donors (Lipinski definition) is 3. The number of ether oxygens (including phenoxy) is 1. The molecule has 0 aliphatic rings. The fourth-order valence-corrected chi connectivity index (χ4v) is 2.92. The maximum atomic E-state index is 11.9. The third-order valence-electron chi connectivity index (χ3n) is 3.58. The standard InChI is InChI=1S/C19H18N4O3S/c1-26-15-9-7-14(8-10-15)21-18(25)23-17(24)12-27-19-20-11-16(22-19)13-5-3-2-4-6-13/h2-11H,12H2,1H3,(H,20,22)(H2,21,23,24,25). The number of rotatable bonds is 6. The number of nitrogens with one attached hydrogen (secondary N) is 3. The number of anilines is 1. The molecule has 3 N–H and O–H groups in total. The first-order valence-corrected chi connectivity index (χ1v) is 9.11. The monoisotopic (exact) mass is 382 g/mol. The average Bonchev–Trinajstić information content (AvgIpc) is 3.17. The predicted octanol–water partition coefficient (Wildman–Crippen LogP) is 3.53. The van der Waals surface area contributed by atoms with Crippen molar-refractivity contribution in [1.82, 2.24) is 15.3 Å². The Hall–Kier alpha value is -3.26. The van der Waals surface area contributed by atoms with Crippen LogP contribution in [0.25, 0.3) is 11.3 Å². The van der Waals surface area contributed by atoms with Gasteiger partial charge in [0.25, 0.3) is 0 Å². The normalized spacial score (nSPS) is 10.3. The summed E-state index contributed by atoms with van der Waals surface area (Å²) in [6, 6.07) is 16.0. The van der Waals surface area contributed by atoms with Crippen molar-refractivity contribution in [2.24, 2.45) is 0 Å². The highest BCUT2D eigenvalue weighted by atomic mass is 32.2. The van der Waals surface area contributed by atoms with Gasteiger partial charge in [-0.25, -0.2) is 9.78 Å². The van der Waals surface area contributed by atoms with Gasteiger partial charge in [0.2, 0.25) is 5.91 Å². The van der Waals surface area contributed by atoms with Crippen LogP contribution in [0, 0.1) is 0 Å². The van der Waals surface area contributed by atoms with Crippen LogP contribution in [-0.2, 0) is 4.79 Å².